The maximum absolute atomic E-state index is 13.5. The molecule has 20 heavy (non-hydrogen) atoms. The zero-order chi connectivity index (χ0) is 14.9. The average molecular weight is 284 g/mol. The second kappa shape index (κ2) is 5.20. The molecule has 0 saturated heterocycles. The molecule has 0 fully saturated rings. The standard InChI is InChI=1S/C13H8F4N2O/c14-8-3-4-10(12(17)11(8)16)19-13(20)7-2-1-6(18)5-9(7)15/h1-5H,18H2,(H,19,20). The van der Waals surface area contributed by atoms with E-state index in [4.69, 9.17) is 5.73 Å². The monoisotopic (exact) mass is 284 g/mol. The van der Waals surface area contributed by atoms with Crippen LogP contribution in [0, 0.1) is 23.3 Å². The van der Waals surface area contributed by atoms with Crippen molar-refractivity contribution in [3.8, 4) is 0 Å². The second-order valence-corrected chi connectivity index (χ2v) is 3.92. The van der Waals surface area contributed by atoms with Crippen LogP contribution in [0.25, 0.3) is 0 Å². The van der Waals surface area contributed by atoms with E-state index >= 15 is 0 Å². The molecule has 0 saturated carbocycles. The maximum Gasteiger partial charge on any atom is 0.258 e. The SMILES string of the molecule is Nc1ccc(C(=O)Nc2ccc(F)c(F)c2F)c(F)c1. The zero-order valence-corrected chi connectivity index (χ0v) is 9.88. The van der Waals surface area contributed by atoms with Crippen molar-refractivity contribution < 1.29 is 22.4 Å². The number of nitrogen functional groups attached to an aromatic ring is 1. The third-order valence-electron chi connectivity index (χ3n) is 2.52. The summed E-state index contributed by atoms with van der Waals surface area (Å²) in [6, 6.07) is 4.77. The minimum absolute atomic E-state index is 0.109. The smallest absolute Gasteiger partial charge is 0.258 e. The van der Waals surface area contributed by atoms with Crippen LogP contribution in [-0.4, -0.2) is 5.91 Å². The summed E-state index contributed by atoms with van der Waals surface area (Å²) < 4.78 is 52.5. The second-order valence-electron chi connectivity index (χ2n) is 3.92. The molecular weight excluding hydrogens is 276 g/mol. The Kier molecular flexibility index (Phi) is 3.60. The Morgan fingerprint density at radius 3 is 2.30 bits per heavy atom. The highest BCUT2D eigenvalue weighted by molar-refractivity contribution is 6.04. The molecule has 1 amide bonds. The summed E-state index contributed by atoms with van der Waals surface area (Å²) in [4.78, 5) is 11.7. The lowest BCUT2D eigenvalue weighted by molar-refractivity contribution is 0.102. The van der Waals surface area contributed by atoms with Crippen LogP contribution < -0.4 is 11.1 Å². The predicted octanol–water partition coefficient (Wildman–Crippen LogP) is 3.08. The molecule has 0 bridgehead atoms. The number of carbonyl (C=O) groups excluding carboxylic acids is 1. The van der Waals surface area contributed by atoms with Crippen LogP contribution in [0.4, 0.5) is 28.9 Å². The third kappa shape index (κ3) is 2.56. The Morgan fingerprint density at radius 2 is 1.65 bits per heavy atom. The van der Waals surface area contributed by atoms with Gasteiger partial charge in [-0.1, -0.05) is 0 Å². The van der Waals surface area contributed by atoms with Gasteiger partial charge < -0.3 is 11.1 Å². The molecule has 0 unspecified atom stereocenters. The van der Waals surface area contributed by atoms with Gasteiger partial charge in [0.25, 0.3) is 5.91 Å². The topological polar surface area (TPSA) is 55.1 Å². The maximum atomic E-state index is 13.5. The van der Waals surface area contributed by atoms with Crippen molar-refractivity contribution in [2.45, 2.75) is 0 Å². The van der Waals surface area contributed by atoms with E-state index in [0.29, 0.717) is 6.07 Å². The molecule has 104 valence electrons. The summed E-state index contributed by atoms with van der Waals surface area (Å²) in [5.74, 6) is -6.59. The predicted molar refractivity (Wildman–Crippen MR) is 65.1 cm³/mol. The lowest BCUT2D eigenvalue weighted by Gasteiger charge is -2.08. The summed E-state index contributed by atoms with van der Waals surface area (Å²) in [6.45, 7) is 0. The first-order chi connectivity index (χ1) is 9.40. The van der Waals surface area contributed by atoms with Crippen LogP contribution in [0.5, 0.6) is 0 Å². The normalized spacial score (nSPS) is 10.4. The van der Waals surface area contributed by atoms with Gasteiger partial charge in [-0.2, -0.15) is 0 Å². The quantitative estimate of drug-likeness (QED) is 0.506. The van der Waals surface area contributed by atoms with Gasteiger partial charge in [-0.05, 0) is 30.3 Å². The molecule has 0 aromatic heterocycles. The number of hydrogen-bond acceptors (Lipinski definition) is 2. The molecule has 0 spiro atoms. The number of rotatable bonds is 2. The number of nitrogens with two attached hydrogens (primary N) is 1. The average Bonchev–Trinajstić information content (AvgIpc) is 2.39. The lowest BCUT2D eigenvalue weighted by Crippen LogP contribution is -2.15. The van der Waals surface area contributed by atoms with Gasteiger partial charge in [-0.3, -0.25) is 4.79 Å². The Morgan fingerprint density at radius 1 is 0.950 bits per heavy atom. The molecule has 2 aromatic rings. The highest BCUT2D eigenvalue weighted by Crippen LogP contribution is 2.21. The van der Waals surface area contributed by atoms with E-state index in [0.717, 1.165) is 18.2 Å². The van der Waals surface area contributed by atoms with Crippen molar-refractivity contribution in [3.63, 3.8) is 0 Å². The summed E-state index contributed by atoms with van der Waals surface area (Å²) in [5, 5.41) is 1.95. The number of benzene rings is 2. The lowest BCUT2D eigenvalue weighted by atomic mass is 10.1. The molecule has 0 atom stereocenters. The molecule has 0 aliphatic carbocycles. The Bertz CT molecular complexity index is 688. The zero-order valence-electron chi connectivity index (χ0n) is 9.88. The summed E-state index contributed by atoms with van der Waals surface area (Å²) in [7, 11) is 0. The highest BCUT2D eigenvalue weighted by Gasteiger charge is 2.17. The number of nitrogens with one attached hydrogen (secondary N) is 1. The van der Waals surface area contributed by atoms with Gasteiger partial charge in [0.1, 0.15) is 5.82 Å². The molecule has 3 N–H and O–H groups in total. The fourth-order valence-corrected chi connectivity index (χ4v) is 1.53. The minimum Gasteiger partial charge on any atom is -0.399 e. The van der Waals surface area contributed by atoms with E-state index in [1.165, 1.54) is 6.07 Å². The van der Waals surface area contributed by atoms with E-state index in [2.05, 4.69) is 0 Å². The summed E-state index contributed by atoms with van der Waals surface area (Å²) in [6.07, 6.45) is 0. The van der Waals surface area contributed by atoms with Crippen LogP contribution >= 0.6 is 0 Å². The Hall–Kier alpha value is -2.57. The minimum atomic E-state index is -1.72. The molecule has 2 rings (SSSR count). The fraction of sp³-hybridized carbons (Fsp3) is 0. The molecule has 0 radical (unpaired) electrons. The number of carbonyl (C=O) groups is 1. The Balaban J connectivity index is 2.30. The molecule has 0 aliphatic heterocycles. The summed E-state index contributed by atoms with van der Waals surface area (Å²) >= 11 is 0. The number of amides is 1. The van der Waals surface area contributed by atoms with Crippen molar-refractivity contribution in [3.05, 3.63) is 59.2 Å². The molecule has 7 heteroatoms. The van der Waals surface area contributed by atoms with Crippen LogP contribution in [0.1, 0.15) is 10.4 Å². The molecule has 0 heterocycles. The molecule has 2 aromatic carbocycles. The van der Waals surface area contributed by atoms with E-state index in [1.807, 2.05) is 5.32 Å². The first kappa shape index (κ1) is 13.9. The summed E-state index contributed by atoms with van der Waals surface area (Å²) in [5.41, 5.74) is 4.44. The van der Waals surface area contributed by atoms with Gasteiger partial charge in [-0.25, -0.2) is 17.6 Å². The van der Waals surface area contributed by atoms with Crippen molar-refractivity contribution in [2.24, 2.45) is 0 Å². The van der Waals surface area contributed by atoms with Gasteiger partial charge in [0.2, 0.25) is 0 Å². The Labute approximate surface area is 111 Å². The molecule has 3 nitrogen and oxygen atoms in total. The number of anilines is 2. The first-order valence-corrected chi connectivity index (χ1v) is 5.40. The van der Waals surface area contributed by atoms with Crippen molar-refractivity contribution in [1.29, 1.82) is 0 Å². The van der Waals surface area contributed by atoms with Crippen LogP contribution in [0.3, 0.4) is 0 Å². The van der Waals surface area contributed by atoms with Gasteiger partial charge in [0.15, 0.2) is 17.5 Å². The van der Waals surface area contributed by atoms with Gasteiger partial charge >= 0.3 is 0 Å². The van der Waals surface area contributed by atoms with E-state index < -0.39 is 40.4 Å². The number of hydrogen-bond donors (Lipinski definition) is 2. The van der Waals surface area contributed by atoms with Crippen molar-refractivity contribution >= 4 is 17.3 Å². The molecular formula is C13H8F4N2O. The van der Waals surface area contributed by atoms with Crippen LogP contribution in [0.2, 0.25) is 0 Å². The van der Waals surface area contributed by atoms with Crippen LogP contribution in [-0.2, 0) is 0 Å². The van der Waals surface area contributed by atoms with E-state index in [-0.39, 0.29) is 5.69 Å². The number of halogens is 4. The van der Waals surface area contributed by atoms with Gasteiger partial charge in [0.05, 0.1) is 11.3 Å². The van der Waals surface area contributed by atoms with Crippen molar-refractivity contribution in [1.82, 2.24) is 0 Å². The largest absolute Gasteiger partial charge is 0.399 e. The van der Waals surface area contributed by atoms with Crippen LogP contribution in [0.15, 0.2) is 30.3 Å². The fourth-order valence-electron chi connectivity index (χ4n) is 1.53. The van der Waals surface area contributed by atoms with Crippen molar-refractivity contribution in [2.75, 3.05) is 11.1 Å². The third-order valence-corrected chi connectivity index (χ3v) is 2.52. The van der Waals surface area contributed by atoms with E-state index in [9.17, 15) is 22.4 Å². The first-order valence-electron chi connectivity index (χ1n) is 5.40. The highest BCUT2D eigenvalue weighted by atomic mass is 19.2. The van der Waals surface area contributed by atoms with Gasteiger partial charge in [0, 0.05) is 5.69 Å². The van der Waals surface area contributed by atoms with E-state index in [1.54, 1.807) is 0 Å². The van der Waals surface area contributed by atoms with Gasteiger partial charge in [-0.15, -0.1) is 0 Å². The molecule has 0 aliphatic rings.